The van der Waals surface area contributed by atoms with Crippen LogP contribution in [0, 0.1) is 0 Å². The van der Waals surface area contributed by atoms with E-state index in [0.717, 1.165) is 31.8 Å². The summed E-state index contributed by atoms with van der Waals surface area (Å²) in [6.45, 7) is 1.71. The Labute approximate surface area is 226 Å². The van der Waals surface area contributed by atoms with Crippen molar-refractivity contribution in [1.82, 2.24) is 0 Å². The molecule has 0 radical (unpaired) electrons. The van der Waals surface area contributed by atoms with Gasteiger partial charge in [0.1, 0.15) is 23.2 Å². The van der Waals surface area contributed by atoms with Crippen LogP contribution in [0.15, 0.2) is 114 Å². The van der Waals surface area contributed by atoms with Crippen LogP contribution in [-0.2, 0) is 19.1 Å². The van der Waals surface area contributed by atoms with Crippen LogP contribution in [0.2, 0.25) is 0 Å². The van der Waals surface area contributed by atoms with E-state index < -0.39 is 7.26 Å². The smallest absolute Gasteiger partial charge is 0.228 e. The molecule has 1 aliphatic rings. The highest BCUT2D eigenvalue weighted by Crippen LogP contribution is 2.56. The lowest BCUT2D eigenvalue weighted by molar-refractivity contribution is -0.121. The first-order chi connectivity index (χ1) is 18.5. The standard InChI is InChI=1S/C33H36O4P/c1-25-29(31(35)33(37-3)32(36-2)30(25)34)23-15-4-5-16-24-38(26-17-9-6-10-18-26,27-19-11-7-12-20-27)28-21-13-8-14-22-28/h6-14,17-22H,4-5,15-16,23-24H2,1-3H3/q+1. The molecule has 1 aliphatic carbocycles. The lowest BCUT2D eigenvalue weighted by Crippen LogP contribution is -2.33. The van der Waals surface area contributed by atoms with E-state index in [2.05, 4.69) is 91.0 Å². The van der Waals surface area contributed by atoms with E-state index in [4.69, 9.17) is 9.47 Å². The Morgan fingerprint density at radius 2 is 1.00 bits per heavy atom. The van der Waals surface area contributed by atoms with Gasteiger partial charge in [0, 0.05) is 11.1 Å². The summed E-state index contributed by atoms with van der Waals surface area (Å²) in [5.41, 5.74) is 1.02. The predicted octanol–water partition coefficient (Wildman–Crippen LogP) is 5.90. The molecule has 0 heterocycles. The minimum Gasteiger partial charge on any atom is -0.489 e. The third-order valence-electron chi connectivity index (χ3n) is 7.36. The summed E-state index contributed by atoms with van der Waals surface area (Å²) in [5.74, 6) is -0.478. The lowest BCUT2D eigenvalue weighted by atomic mass is 9.89. The molecule has 4 nitrogen and oxygen atoms in total. The number of carbonyl (C=O) groups is 2. The van der Waals surface area contributed by atoms with Crippen molar-refractivity contribution in [2.45, 2.75) is 39.0 Å². The Kier molecular flexibility index (Phi) is 9.31. The van der Waals surface area contributed by atoms with Gasteiger partial charge >= 0.3 is 0 Å². The maximum Gasteiger partial charge on any atom is 0.228 e. The van der Waals surface area contributed by atoms with Crippen LogP contribution >= 0.6 is 7.26 Å². The van der Waals surface area contributed by atoms with Crippen molar-refractivity contribution in [1.29, 1.82) is 0 Å². The Balaban J connectivity index is 1.48. The molecule has 0 fully saturated rings. The average molecular weight is 528 g/mol. The van der Waals surface area contributed by atoms with Crippen LogP contribution in [0.3, 0.4) is 0 Å². The van der Waals surface area contributed by atoms with Gasteiger partial charge in [-0.05, 0) is 69.0 Å². The van der Waals surface area contributed by atoms with Gasteiger partial charge in [-0.25, -0.2) is 0 Å². The largest absolute Gasteiger partial charge is 0.489 e. The molecule has 0 bridgehead atoms. The highest BCUT2D eigenvalue weighted by molar-refractivity contribution is 7.95. The molecular formula is C33H36O4P+. The first-order valence-electron chi connectivity index (χ1n) is 13.2. The minimum atomic E-state index is -1.82. The normalized spacial score (nSPS) is 14.2. The van der Waals surface area contributed by atoms with Crippen LogP contribution in [0.25, 0.3) is 0 Å². The first kappa shape index (κ1) is 27.5. The fourth-order valence-corrected chi connectivity index (χ4v) is 9.79. The second-order valence-electron chi connectivity index (χ2n) is 9.53. The molecule has 0 saturated heterocycles. The third kappa shape index (κ3) is 5.51. The van der Waals surface area contributed by atoms with E-state index in [9.17, 15) is 9.59 Å². The summed E-state index contributed by atoms with van der Waals surface area (Å²) in [5, 5.41) is 4.20. The Morgan fingerprint density at radius 1 is 0.579 bits per heavy atom. The molecule has 0 spiro atoms. The summed E-state index contributed by atoms with van der Waals surface area (Å²) in [4.78, 5) is 25.6. The monoisotopic (exact) mass is 527 g/mol. The lowest BCUT2D eigenvalue weighted by Gasteiger charge is -2.27. The highest BCUT2D eigenvalue weighted by atomic mass is 31.2. The van der Waals surface area contributed by atoms with Gasteiger partial charge in [-0.3, -0.25) is 9.59 Å². The molecule has 0 saturated carbocycles. The van der Waals surface area contributed by atoms with Crippen LogP contribution in [0.4, 0.5) is 0 Å². The minimum absolute atomic E-state index is 0.00166. The molecule has 3 aromatic rings. The molecule has 0 amide bonds. The average Bonchev–Trinajstić information content (AvgIpc) is 2.97. The predicted molar refractivity (Wildman–Crippen MR) is 157 cm³/mol. The van der Waals surface area contributed by atoms with E-state index in [1.54, 1.807) is 6.92 Å². The molecule has 0 atom stereocenters. The Bertz CT molecular complexity index is 1210. The second-order valence-corrected chi connectivity index (χ2v) is 13.1. The maximum atomic E-state index is 12.9. The van der Waals surface area contributed by atoms with Crippen molar-refractivity contribution in [3.8, 4) is 0 Å². The number of ketones is 2. The van der Waals surface area contributed by atoms with E-state index >= 15 is 0 Å². The number of Topliss-reactive ketones (excluding diaryl/α,β-unsaturated/α-hetero) is 2. The van der Waals surface area contributed by atoms with Crippen LogP contribution in [0.5, 0.6) is 0 Å². The summed E-state index contributed by atoms with van der Waals surface area (Å²) >= 11 is 0. The van der Waals surface area contributed by atoms with Gasteiger partial charge in [0.05, 0.1) is 20.4 Å². The second kappa shape index (κ2) is 12.8. The quantitative estimate of drug-likeness (QED) is 0.167. The Morgan fingerprint density at radius 3 is 1.45 bits per heavy atom. The van der Waals surface area contributed by atoms with E-state index in [1.165, 1.54) is 30.1 Å². The van der Waals surface area contributed by atoms with Crippen molar-refractivity contribution >= 4 is 34.7 Å². The fraction of sp³-hybridized carbons (Fsp3) is 0.273. The number of benzene rings is 3. The zero-order chi connectivity index (χ0) is 27.0. The van der Waals surface area contributed by atoms with Crippen molar-refractivity contribution in [2.24, 2.45) is 0 Å². The van der Waals surface area contributed by atoms with E-state index in [-0.39, 0.29) is 23.1 Å². The van der Waals surface area contributed by atoms with Crippen molar-refractivity contribution in [3.05, 3.63) is 114 Å². The number of hydrogen-bond acceptors (Lipinski definition) is 4. The maximum absolute atomic E-state index is 12.9. The van der Waals surface area contributed by atoms with Gasteiger partial charge in [0.25, 0.3) is 0 Å². The molecule has 0 N–H and O–H groups in total. The Hall–Kier alpha value is -3.49. The number of unbranched alkanes of at least 4 members (excludes halogenated alkanes) is 3. The molecule has 4 rings (SSSR count). The number of rotatable bonds is 12. The highest BCUT2D eigenvalue weighted by Gasteiger charge is 2.44. The van der Waals surface area contributed by atoms with Crippen LogP contribution in [-0.4, -0.2) is 31.9 Å². The van der Waals surface area contributed by atoms with Crippen LogP contribution < -0.4 is 15.9 Å². The van der Waals surface area contributed by atoms with Gasteiger partial charge in [-0.1, -0.05) is 61.0 Å². The van der Waals surface area contributed by atoms with Crippen LogP contribution in [0.1, 0.15) is 39.0 Å². The van der Waals surface area contributed by atoms with Gasteiger partial charge in [-0.15, -0.1) is 0 Å². The summed E-state index contributed by atoms with van der Waals surface area (Å²) in [6.07, 6.45) is 5.61. The third-order valence-corrected chi connectivity index (χ3v) is 11.9. The summed E-state index contributed by atoms with van der Waals surface area (Å²) in [6, 6.07) is 32.8. The van der Waals surface area contributed by atoms with Crippen molar-refractivity contribution in [3.63, 3.8) is 0 Å². The fourth-order valence-electron chi connectivity index (χ4n) is 5.38. The molecule has 38 heavy (non-hydrogen) atoms. The topological polar surface area (TPSA) is 52.6 Å². The van der Waals surface area contributed by atoms with E-state index in [1.807, 2.05) is 0 Å². The molecule has 3 aromatic carbocycles. The molecule has 0 aromatic heterocycles. The first-order valence-corrected chi connectivity index (χ1v) is 15.2. The number of ether oxygens (including phenoxy) is 2. The zero-order valence-corrected chi connectivity index (χ0v) is 23.4. The van der Waals surface area contributed by atoms with E-state index in [0.29, 0.717) is 17.6 Å². The van der Waals surface area contributed by atoms with Gasteiger partial charge < -0.3 is 9.47 Å². The molecule has 0 unspecified atom stereocenters. The molecule has 196 valence electrons. The summed E-state index contributed by atoms with van der Waals surface area (Å²) in [7, 11) is 0.968. The molecular weight excluding hydrogens is 491 g/mol. The number of allylic oxidation sites excluding steroid dienone is 2. The van der Waals surface area contributed by atoms with Crippen molar-refractivity contribution < 1.29 is 19.1 Å². The van der Waals surface area contributed by atoms with Crippen molar-refractivity contribution in [2.75, 3.05) is 20.4 Å². The number of methoxy groups -OCH3 is 2. The molecule has 0 aliphatic heterocycles. The van der Waals surface area contributed by atoms with Gasteiger partial charge in [-0.2, -0.15) is 0 Å². The van der Waals surface area contributed by atoms with Gasteiger partial charge in [0.2, 0.25) is 23.1 Å². The number of hydrogen-bond donors (Lipinski definition) is 0. The number of carbonyl (C=O) groups excluding carboxylic acids is 2. The molecule has 5 heteroatoms. The zero-order valence-electron chi connectivity index (χ0n) is 22.5. The SMILES string of the molecule is COC1=C(OC)C(=O)C(CCCCCC[P+](c2ccccc2)(c2ccccc2)c2ccccc2)=C(C)C1=O. The summed E-state index contributed by atoms with van der Waals surface area (Å²) < 4.78 is 10.4. The van der Waals surface area contributed by atoms with Gasteiger partial charge in [0.15, 0.2) is 0 Å².